The molecule has 2 aromatic carbocycles. The van der Waals surface area contributed by atoms with Gasteiger partial charge in [0.2, 0.25) is 5.91 Å². The van der Waals surface area contributed by atoms with Gasteiger partial charge in [0.05, 0.1) is 18.2 Å². The summed E-state index contributed by atoms with van der Waals surface area (Å²) in [6.07, 6.45) is 1.48. The van der Waals surface area contributed by atoms with E-state index in [1.54, 1.807) is 30.3 Å². The zero-order valence-corrected chi connectivity index (χ0v) is 18.8. The van der Waals surface area contributed by atoms with Crippen LogP contribution in [0.15, 0.2) is 42.1 Å². The van der Waals surface area contributed by atoms with Crippen molar-refractivity contribution >= 4 is 41.2 Å². The highest BCUT2D eigenvalue weighted by molar-refractivity contribution is 6.32. The predicted molar refractivity (Wildman–Crippen MR) is 122 cm³/mol. The molecule has 1 aliphatic heterocycles. The Balaban J connectivity index is 1.77. The molecular weight excluding hydrogens is 434 g/mol. The first-order valence-electron chi connectivity index (χ1n) is 10.1. The van der Waals surface area contributed by atoms with E-state index in [1.165, 1.54) is 6.08 Å². The van der Waals surface area contributed by atoms with E-state index < -0.39 is 24.4 Å². The molecule has 0 atom stereocenters. The fourth-order valence-corrected chi connectivity index (χ4v) is 3.44. The first-order valence-corrected chi connectivity index (χ1v) is 10.5. The number of rotatable bonds is 8. The van der Waals surface area contributed by atoms with Crippen LogP contribution in [0.5, 0.6) is 11.5 Å². The number of imide groups is 1. The molecule has 0 aromatic heterocycles. The van der Waals surface area contributed by atoms with E-state index in [-0.39, 0.29) is 5.70 Å². The normalized spacial score (nSPS) is 14.5. The Hall–Kier alpha value is -3.52. The van der Waals surface area contributed by atoms with Gasteiger partial charge in [0, 0.05) is 5.69 Å². The number of aryl methyl sites for hydroxylation is 1. The zero-order chi connectivity index (χ0) is 23.3. The molecule has 1 saturated heterocycles. The molecule has 3 rings (SSSR count). The zero-order valence-electron chi connectivity index (χ0n) is 18.0. The van der Waals surface area contributed by atoms with Crippen molar-refractivity contribution in [2.45, 2.75) is 20.8 Å². The highest BCUT2D eigenvalue weighted by atomic mass is 35.5. The maximum Gasteiger partial charge on any atom is 0.329 e. The van der Waals surface area contributed by atoms with E-state index >= 15 is 0 Å². The second kappa shape index (κ2) is 10.2. The molecule has 168 valence electrons. The minimum Gasteiger partial charge on any atom is -0.490 e. The molecule has 0 bridgehead atoms. The number of nitrogens with zero attached hydrogens (tertiary/aromatic N) is 1. The second-order valence-corrected chi connectivity index (χ2v) is 7.40. The molecule has 1 aliphatic rings. The summed E-state index contributed by atoms with van der Waals surface area (Å²) >= 11 is 6.32. The quantitative estimate of drug-likeness (QED) is 0.461. The minimum atomic E-state index is -0.678. The lowest BCUT2D eigenvalue weighted by Gasteiger charge is -2.13. The van der Waals surface area contributed by atoms with Gasteiger partial charge < -0.3 is 20.1 Å². The summed E-state index contributed by atoms with van der Waals surface area (Å²) in [7, 11) is 0. The first-order chi connectivity index (χ1) is 15.3. The smallest absolute Gasteiger partial charge is 0.329 e. The van der Waals surface area contributed by atoms with Gasteiger partial charge in [-0.25, -0.2) is 9.69 Å². The standard InChI is InChI=1S/C23H24ClN3O5/c1-4-31-19-12-15(10-17(24)21(19)32-5-2)11-18-22(29)27(23(30)26-18)13-20(28)25-16-8-6-7-14(3)9-16/h6-12H,4-5,13H2,1-3H3,(H,25,28)(H,26,30)/b18-11+. The van der Waals surface area contributed by atoms with Crippen LogP contribution in [-0.2, 0) is 9.59 Å². The molecule has 1 heterocycles. The Labute approximate surface area is 191 Å². The number of carbonyl (C=O) groups is 3. The minimum absolute atomic E-state index is 0.0287. The number of hydrogen-bond acceptors (Lipinski definition) is 5. The summed E-state index contributed by atoms with van der Waals surface area (Å²) in [4.78, 5) is 38.2. The number of amides is 4. The lowest BCUT2D eigenvalue weighted by molar-refractivity contribution is -0.127. The van der Waals surface area contributed by atoms with Crippen molar-refractivity contribution in [3.8, 4) is 11.5 Å². The van der Waals surface area contributed by atoms with Crippen LogP contribution >= 0.6 is 11.6 Å². The van der Waals surface area contributed by atoms with Gasteiger partial charge in [-0.2, -0.15) is 0 Å². The molecule has 0 saturated carbocycles. The van der Waals surface area contributed by atoms with Crippen molar-refractivity contribution in [1.29, 1.82) is 0 Å². The second-order valence-electron chi connectivity index (χ2n) is 6.99. The van der Waals surface area contributed by atoms with Gasteiger partial charge in [-0.3, -0.25) is 9.59 Å². The number of halogens is 1. The lowest BCUT2D eigenvalue weighted by atomic mass is 10.1. The van der Waals surface area contributed by atoms with Crippen LogP contribution in [-0.4, -0.2) is 42.5 Å². The number of carbonyl (C=O) groups excluding carboxylic acids is 3. The lowest BCUT2D eigenvalue weighted by Crippen LogP contribution is -2.38. The fraction of sp³-hybridized carbons (Fsp3) is 0.261. The number of benzene rings is 2. The summed E-state index contributed by atoms with van der Waals surface area (Å²) in [5, 5.41) is 5.49. The summed E-state index contributed by atoms with van der Waals surface area (Å²) in [6.45, 7) is 5.95. The van der Waals surface area contributed by atoms with Gasteiger partial charge in [-0.05, 0) is 62.2 Å². The Kier molecular flexibility index (Phi) is 7.37. The molecule has 2 aromatic rings. The molecule has 1 fully saturated rings. The van der Waals surface area contributed by atoms with Crippen molar-refractivity contribution in [2.75, 3.05) is 25.1 Å². The SMILES string of the molecule is CCOc1cc(/C=C2/NC(=O)N(CC(=O)Nc3cccc(C)c3)C2=O)cc(Cl)c1OCC. The van der Waals surface area contributed by atoms with Gasteiger partial charge in [0.1, 0.15) is 12.2 Å². The van der Waals surface area contributed by atoms with Gasteiger partial charge in [-0.15, -0.1) is 0 Å². The molecule has 4 amide bonds. The summed E-state index contributed by atoms with van der Waals surface area (Å²) in [6, 6.07) is 9.82. The number of urea groups is 1. The monoisotopic (exact) mass is 457 g/mol. The van der Waals surface area contributed by atoms with E-state index in [0.717, 1.165) is 10.5 Å². The topological polar surface area (TPSA) is 97.0 Å². The van der Waals surface area contributed by atoms with Crippen molar-refractivity contribution in [3.63, 3.8) is 0 Å². The maximum absolute atomic E-state index is 12.7. The van der Waals surface area contributed by atoms with Gasteiger partial charge in [0.15, 0.2) is 11.5 Å². The summed E-state index contributed by atoms with van der Waals surface area (Å²) in [5.41, 5.74) is 2.13. The highest BCUT2D eigenvalue weighted by Crippen LogP contribution is 2.37. The molecule has 0 radical (unpaired) electrons. The van der Waals surface area contributed by atoms with Crippen molar-refractivity contribution < 1.29 is 23.9 Å². The third-order valence-electron chi connectivity index (χ3n) is 4.50. The molecule has 9 heteroatoms. The fourth-order valence-electron chi connectivity index (χ4n) is 3.17. The van der Waals surface area contributed by atoms with Crippen LogP contribution in [0.1, 0.15) is 25.0 Å². The van der Waals surface area contributed by atoms with E-state index in [9.17, 15) is 14.4 Å². The van der Waals surface area contributed by atoms with Crippen LogP contribution in [0.2, 0.25) is 5.02 Å². The van der Waals surface area contributed by atoms with E-state index in [1.807, 2.05) is 26.8 Å². The molecule has 8 nitrogen and oxygen atoms in total. The molecule has 0 unspecified atom stereocenters. The highest BCUT2D eigenvalue weighted by Gasteiger charge is 2.35. The molecular formula is C23H24ClN3O5. The predicted octanol–water partition coefficient (Wildman–Crippen LogP) is 3.98. The Morgan fingerprint density at radius 1 is 1.16 bits per heavy atom. The third-order valence-corrected chi connectivity index (χ3v) is 4.78. The number of ether oxygens (including phenoxy) is 2. The third kappa shape index (κ3) is 5.39. The van der Waals surface area contributed by atoms with Gasteiger partial charge in [0.25, 0.3) is 5.91 Å². The van der Waals surface area contributed by atoms with Gasteiger partial charge >= 0.3 is 6.03 Å². The number of nitrogens with one attached hydrogen (secondary N) is 2. The average molecular weight is 458 g/mol. The van der Waals surface area contributed by atoms with Crippen LogP contribution < -0.4 is 20.1 Å². The molecule has 0 aliphatic carbocycles. The summed E-state index contributed by atoms with van der Waals surface area (Å²) in [5.74, 6) is -0.255. The van der Waals surface area contributed by atoms with Crippen LogP contribution in [0.25, 0.3) is 6.08 Å². The number of hydrogen-bond donors (Lipinski definition) is 2. The van der Waals surface area contributed by atoms with Gasteiger partial charge in [-0.1, -0.05) is 23.7 Å². The van der Waals surface area contributed by atoms with Crippen molar-refractivity contribution in [2.24, 2.45) is 0 Å². The molecule has 0 spiro atoms. The Morgan fingerprint density at radius 3 is 2.59 bits per heavy atom. The van der Waals surface area contributed by atoms with Crippen LogP contribution in [0.3, 0.4) is 0 Å². The molecule has 32 heavy (non-hydrogen) atoms. The summed E-state index contributed by atoms with van der Waals surface area (Å²) < 4.78 is 11.1. The Morgan fingerprint density at radius 2 is 1.91 bits per heavy atom. The van der Waals surface area contributed by atoms with Crippen molar-refractivity contribution in [3.05, 3.63) is 58.2 Å². The molecule has 2 N–H and O–H groups in total. The Bertz CT molecular complexity index is 1080. The van der Waals surface area contributed by atoms with Crippen LogP contribution in [0, 0.1) is 6.92 Å². The number of anilines is 1. The van der Waals surface area contributed by atoms with E-state index in [0.29, 0.717) is 41.0 Å². The maximum atomic E-state index is 12.7. The largest absolute Gasteiger partial charge is 0.490 e. The van der Waals surface area contributed by atoms with E-state index in [2.05, 4.69) is 10.6 Å². The first kappa shape index (κ1) is 23.1. The van der Waals surface area contributed by atoms with Crippen LogP contribution in [0.4, 0.5) is 10.5 Å². The average Bonchev–Trinajstić information content (AvgIpc) is 2.98. The van der Waals surface area contributed by atoms with Crippen molar-refractivity contribution in [1.82, 2.24) is 10.2 Å². The van der Waals surface area contributed by atoms with E-state index in [4.69, 9.17) is 21.1 Å².